The van der Waals surface area contributed by atoms with Gasteiger partial charge >= 0.3 is 0 Å². The molecular formula is C27H24O. The Balaban J connectivity index is 1.63. The smallest absolute Gasteiger partial charge is 0.0861 e. The Kier molecular flexibility index (Phi) is 5.65. The van der Waals surface area contributed by atoms with E-state index >= 15 is 0 Å². The van der Waals surface area contributed by atoms with Gasteiger partial charge in [-0.3, -0.25) is 0 Å². The maximum absolute atomic E-state index is 11.3. The van der Waals surface area contributed by atoms with Crippen LogP contribution in [0.4, 0.5) is 0 Å². The van der Waals surface area contributed by atoms with Crippen LogP contribution >= 0.6 is 0 Å². The summed E-state index contributed by atoms with van der Waals surface area (Å²) in [5.74, 6) is 0.00215. The van der Waals surface area contributed by atoms with E-state index < -0.39 is 6.10 Å². The second-order valence-corrected chi connectivity index (χ2v) is 7.12. The average Bonchev–Trinajstić information content (AvgIpc) is 2.77. The first-order valence-electron chi connectivity index (χ1n) is 9.74. The predicted molar refractivity (Wildman–Crippen MR) is 118 cm³/mol. The Bertz CT molecular complexity index is 1050. The summed E-state index contributed by atoms with van der Waals surface area (Å²) in [5.41, 5.74) is 3.29. The monoisotopic (exact) mass is 364 g/mol. The van der Waals surface area contributed by atoms with Crippen LogP contribution in [0.2, 0.25) is 0 Å². The van der Waals surface area contributed by atoms with Crippen molar-refractivity contribution in [2.24, 2.45) is 0 Å². The Morgan fingerprint density at radius 2 is 1.29 bits per heavy atom. The molecule has 0 fully saturated rings. The molecule has 0 heterocycles. The zero-order chi connectivity index (χ0) is 19.2. The van der Waals surface area contributed by atoms with Gasteiger partial charge < -0.3 is 5.11 Å². The van der Waals surface area contributed by atoms with Crippen LogP contribution in [0.5, 0.6) is 0 Å². The van der Waals surface area contributed by atoms with E-state index in [1.807, 2.05) is 54.6 Å². The summed E-state index contributed by atoms with van der Waals surface area (Å²) in [5, 5.41) is 13.6. The molecule has 0 saturated heterocycles. The van der Waals surface area contributed by atoms with Crippen molar-refractivity contribution in [2.75, 3.05) is 0 Å². The van der Waals surface area contributed by atoms with Crippen molar-refractivity contribution in [2.45, 2.75) is 18.4 Å². The van der Waals surface area contributed by atoms with Crippen molar-refractivity contribution in [3.63, 3.8) is 0 Å². The molecule has 4 rings (SSSR count). The van der Waals surface area contributed by atoms with Crippen molar-refractivity contribution < 1.29 is 5.11 Å². The topological polar surface area (TPSA) is 20.2 Å². The highest BCUT2D eigenvalue weighted by Crippen LogP contribution is 2.35. The molecule has 138 valence electrons. The van der Waals surface area contributed by atoms with Gasteiger partial charge in [0.25, 0.3) is 0 Å². The molecule has 1 heteroatoms. The number of aliphatic hydroxyl groups is 1. The van der Waals surface area contributed by atoms with Crippen molar-refractivity contribution in [1.29, 1.82) is 0 Å². The first kappa shape index (κ1) is 18.2. The van der Waals surface area contributed by atoms with E-state index in [0.717, 1.165) is 22.9 Å². The zero-order valence-electron chi connectivity index (χ0n) is 15.8. The molecule has 1 nitrogen and oxygen atoms in total. The normalized spacial score (nSPS) is 13.6. The lowest BCUT2D eigenvalue weighted by atomic mass is 9.86. The molecule has 4 aromatic rings. The van der Waals surface area contributed by atoms with Gasteiger partial charge in [-0.05, 0) is 39.9 Å². The fourth-order valence-corrected chi connectivity index (χ4v) is 3.69. The molecular weight excluding hydrogens is 340 g/mol. The van der Waals surface area contributed by atoms with Crippen LogP contribution in [0.3, 0.4) is 0 Å². The summed E-state index contributed by atoms with van der Waals surface area (Å²) in [6.07, 6.45) is 4.50. The summed E-state index contributed by atoms with van der Waals surface area (Å²) in [6, 6.07) is 35.1. The molecule has 0 aliphatic heterocycles. The van der Waals surface area contributed by atoms with E-state index in [2.05, 4.69) is 60.7 Å². The van der Waals surface area contributed by atoms with Crippen LogP contribution in [0.15, 0.2) is 109 Å². The van der Waals surface area contributed by atoms with Gasteiger partial charge in [0.1, 0.15) is 0 Å². The first-order valence-corrected chi connectivity index (χ1v) is 9.74. The fraction of sp³-hybridized carbons (Fsp3) is 0.111. The van der Waals surface area contributed by atoms with Gasteiger partial charge in [-0.1, -0.05) is 109 Å². The number of fused-ring (bicyclic) bond motifs is 1. The van der Waals surface area contributed by atoms with Crippen LogP contribution < -0.4 is 0 Å². The van der Waals surface area contributed by atoms with Gasteiger partial charge in [-0.2, -0.15) is 0 Å². The van der Waals surface area contributed by atoms with Crippen molar-refractivity contribution in [1.82, 2.24) is 0 Å². The van der Waals surface area contributed by atoms with Crippen molar-refractivity contribution in [3.05, 3.63) is 126 Å². The van der Waals surface area contributed by atoms with E-state index in [-0.39, 0.29) is 5.92 Å². The summed E-state index contributed by atoms with van der Waals surface area (Å²) >= 11 is 0. The largest absolute Gasteiger partial charge is 0.388 e. The maximum Gasteiger partial charge on any atom is 0.0861 e. The van der Waals surface area contributed by atoms with Gasteiger partial charge in [0.05, 0.1) is 6.10 Å². The van der Waals surface area contributed by atoms with Crippen LogP contribution in [-0.4, -0.2) is 5.11 Å². The minimum Gasteiger partial charge on any atom is -0.388 e. The summed E-state index contributed by atoms with van der Waals surface area (Å²) in [4.78, 5) is 0. The quantitative estimate of drug-likeness (QED) is 0.401. The van der Waals surface area contributed by atoms with Gasteiger partial charge in [0.15, 0.2) is 0 Å². The van der Waals surface area contributed by atoms with Crippen LogP contribution in [0, 0.1) is 0 Å². The highest BCUT2D eigenvalue weighted by atomic mass is 16.3. The molecule has 0 aromatic heterocycles. The van der Waals surface area contributed by atoms with E-state index in [1.54, 1.807) is 0 Å². The second-order valence-electron chi connectivity index (χ2n) is 7.12. The van der Waals surface area contributed by atoms with Crippen molar-refractivity contribution >= 4 is 16.8 Å². The highest BCUT2D eigenvalue weighted by molar-refractivity contribution is 5.83. The van der Waals surface area contributed by atoms with E-state index in [9.17, 15) is 5.11 Å². The number of rotatable bonds is 6. The minimum atomic E-state index is -0.563. The standard InChI is InChI=1S/C27H24O/c28-27(25-19-18-22-13-7-8-16-24(22)20-25)26(23-14-5-2-6-15-23)17-9-12-21-10-3-1-4-11-21/h1-16,18-20,26-28H,17H2/b12-9+/t26-,27-/m0/s1. The molecule has 4 aromatic carbocycles. The van der Waals surface area contributed by atoms with Gasteiger partial charge in [0, 0.05) is 5.92 Å². The molecule has 0 unspecified atom stereocenters. The maximum atomic E-state index is 11.3. The SMILES string of the molecule is O[C@@H](c1ccc2ccccc2c1)[C@@H](C/C=C/c1ccccc1)c1ccccc1. The lowest BCUT2D eigenvalue weighted by Crippen LogP contribution is -2.10. The Hall–Kier alpha value is -3.16. The third-order valence-electron chi connectivity index (χ3n) is 5.22. The van der Waals surface area contributed by atoms with E-state index in [1.165, 1.54) is 10.9 Å². The van der Waals surface area contributed by atoms with Crippen molar-refractivity contribution in [3.8, 4) is 0 Å². The third-order valence-corrected chi connectivity index (χ3v) is 5.22. The van der Waals surface area contributed by atoms with Gasteiger partial charge in [-0.15, -0.1) is 0 Å². The second kappa shape index (κ2) is 8.69. The number of hydrogen-bond donors (Lipinski definition) is 1. The number of benzene rings is 4. The number of aliphatic hydroxyl groups excluding tert-OH is 1. The van der Waals surface area contributed by atoms with E-state index in [0.29, 0.717) is 0 Å². The van der Waals surface area contributed by atoms with Gasteiger partial charge in [0.2, 0.25) is 0 Å². The molecule has 0 spiro atoms. The molecule has 0 bridgehead atoms. The van der Waals surface area contributed by atoms with E-state index in [4.69, 9.17) is 0 Å². The first-order chi connectivity index (χ1) is 13.8. The molecule has 1 N–H and O–H groups in total. The molecule has 28 heavy (non-hydrogen) atoms. The minimum absolute atomic E-state index is 0.00215. The Labute approximate surface area is 166 Å². The Morgan fingerprint density at radius 1 is 0.643 bits per heavy atom. The highest BCUT2D eigenvalue weighted by Gasteiger charge is 2.22. The predicted octanol–water partition coefficient (Wildman–Crippen LogP) is 6.76. The lowest BCUT2D eigenvalue weighted by molar-refractivity contribution is 0.145. The zero-order valence-corrected chi connectivity index (χ0v) is 15.8. The number of hydrogen-bond acceptors (Lipinski definition) is 1. The third kappa shape index (κ3) is 4.21. The molecule has 2 atom stereocenters. The van der Waals surface area contributed by atoms with Crippen LogP contribution in [-0.2, 0) is 0 Å². The molecule has 0 saturated carbocycles. The summed E-state index contributed by atoms with van der Waals surface area (Å²) < 4.78 is 0. The molecule has 0 radical (unpaired) electrons. The fourth-order valence-electron chi connectivity index (χ4n) is 3.69. The van der Waals surface area contributed by atoms with Gasteiger partial charge in [-0.25, -0.2) is 0 Å². The molecule has 0 aliphatic rings. The van der Waals surface area contributed by atoms with Crippen LogP contribution in [0.25, 0.3) is 16.8 Å². The molecule has 0 amide bonds. The Morgan fingerprint density at radius 3 is 2.04 bits per heavy atom. The average molecular weight is 364 g/mol. The number of allylic oxidation sites excluding steroid dienone is 1. The molecule has 0 aliphatic carbocycles. The summed E-state index contributed by atoms with van der Waals surface area (Å²) in [6.45, 7) is 0. The van der Waals surface area contributed by atoms with Crippen LogP contribution in [0.1, 0.15) is 35.1 Å². The lowest BCUT2D eigenvalue weighted by Gasteiger charge is -2.23. The summed E-state index contributed by atoms with van der Waals surface area (Å²) in [7, 11) is 0.